The Hall–Kier alpha value is -4.33. The fourth-order valence-corrected chi connectivity index (χ4v) is 4.27. The van der Waals surface area contributed by atoms with Crippen molar-refractivity contribution < 1.29 is 23.8 Å². The molecule has 0 aliphatic carbocycles. The summed E-state index contributed by atoms with van der Waals surface area (Å²) in [5, 5.41) is 11.3. The van der Waals surface area contributed by atoms with Crippen LogP contribution in [0.4, 0.5) is 5.95 Å². The molecule has 0 bridgehead atoms. The lowest BCUT2D eigenvalue weighted by atomic mass is 9.99. The lowest BCUT2D eigenvalue weighted by Crippen LogP contribution is -2.30. The Morgan fingerprint density at radius 3 is 2.53 bits per heavy atom. The van der Waals surface area contributed by atoms with Gasteiger partial charge < -0.3 is 19.2 Å². The molecule has 1 aliphatic rings. The molecule has 2 aromatic heterocycles. The highest BCUT2D eigenvalue weighted by molar-refractivity contribution is 6.51. The van der Waals surface area contributed by atoms with Crippen LogP contribution in [0.15, 0.2) is 64.6 Å². The summed E-state index contributed by atoms with van der Waals surface area (Å²) in [4.78, 5) is 35.5. The quantitative estimate of drug-likeness (QED) is 0.214. The number of aliphatic hydroxyl groups excluding tert-OH is 1. The summed E-state index contributed by atoms with van der Waals surface area (Å²) in [6, 6.07) is 14.9. The summed E-state index contributed by atoms with van der Waals surface area (Å²) in [5.41, 5.74) is 2.74. The molecule has 0 radical (unpaired) electrons. The normalized spacial score (nSPS) is 17.5. The van der Waals surface area contributed by atoms with E-state index in [0.29, 0.717) is 40.9 Å². The van der Waals surface area contributed by atoms with Gasteiger partial charge in [-0.05, 0) is 73.9 Å². The Morgan fingerprint density at radius 2 is 1.86 bits per heavy atom. The molecule has 4 aromatic rings. The number of ether oxygens (including phenoxy) is 1. The molecule has 5 rings (SSSR count). The number of nitrogens with zero attached hydrogens (tertiary/aromatic N) is 2. The van der Waals surface area contributed by atoms with Crippen molar-refractivity contribution in [2.75, 3.05) is 11.5 Å². The largest absolute Gasteiger partial charge is 0.507 e. The van der Waals surface area contributed by atoms with Crippen LogP contribution in [-0.4, -0.2) is 33.4 Å². The maximum Gasteiger partial charge on any atom is 0.302 e. The van der Waals surface area contributed by atoms with Crippen LogP contribution in [0.25, 0.3) is 16.8 Å². The van der Waals surface area contributed by atoms with Crippen LogP contribution in [0.5, 0.6) is 5.75 Å². The van der Waals surface area contributed by atoms with E-state index in [1.165, 1.54) is 4.90 Å². The molecule has 1 amide bonds. The number of imidazole rings is 1. The smallest absolute Gasteiger partial charge is 0.302 e. The van der Waals surface area contributed by atoms with E-state index in [0.717, 1.165) is 11.1 Å². The number of Topliss-reactive ketones (excluding diaryl/α,β-unsaturated/α-hetero) is 1. The fourth-order valence-electron chi connectivity index (χ4n) is 4.27. The minimum Gasteiger partial charge on any atom is -0.507 e. The zero-order chi connectivity index (χ0) is 25.6. The highest BCUT2D eigenvalue weighted by Crippen LogP contribution is 2.42. The number of rotatable bonds is 6. The van der Waals surface area contributed by atoms with Crippen LogP contribution in [0.3, 0.4) is 0 Å². The summed E-state index contributed by atoms with van der Waals surface area (Å²) in [5.74, 6) is 0.269. The van der Waals surface area contributed by atoms with Crippen molar-refractivity contribution >= 4 is 34.4 Å². The summed E-state index contributed by atoms with van der Waals surface area (Å²) in [7, 11) is 0. The maximum absolute atomic E-state index is 13.3. The van der Waals surface area contributed by atoms with Gasteiger partial charge in [-0.2, -0.15) is 0 Å². The van der Waals surface area contributed by atoms with Crippen molar-refractivity contribution in [1.29, 1.82) is 0 Å². The molecule has 0 spiro atoms. The Bertz CT molecular complexity index is 1490. The van der Waals surface area contributed by atoms with Gasteiger partial charge in [-0.15, -0.1) is 0 Å². The standard InChI is InChI=1S/C28H27N3O5/c1-15(2)14-35-19-9-7-18(8-10-19)25(32)23-24(22-12-6-17(4)36-22)31(27(34)26(23)33)28-29-20-11-5-16(3)13-21(20)30-28/h5-13,15,24,32H,14H2,1-4H3,(H,29,30)/b25-23+. The number of amides is 1. The second kappa shape index (κ2) is 9.03. The molecule has 8 heteroatoms. The molecular weight excluding hydrogens is 458 g/mol. The molecule has 36 heavy (non-hydrogen) atoms. The molecule has 184 valence electrons. The summed E-state index contributed by atoms with van der Waals surface area (Å²) < 4.78 is 11.6. The summed E-state index contributed by atoms with van der Waals surface area (Å²) in [6.07, 6.45) is 0. The van der Waals surface area contributed by atoms with Crippen LogP contribution in [-0.2, 0) is 9.59 Å². The Labute approximate surface area is 208 Å². The number of H-pyrrole nitrogens is 1. The Balaban J connectivity index is 1.61. The average molecular weight is 486 g/mol. The van der Waals surface area contributed by atoms with Crippen LogP contribution in [0, 0.1) is 19.8 Å². The molecule has 1 unspecified atom stereocenters. The van der Waals surface area contributed by atoms with Gasteiger partial charge in [-0.25, -0.2) is 4.98 Å². The molecule has 1 saturated heterocycles. The number of ketones is 1. The highest BCUT2D eigenvalue weighted by Gasteiger charge is 2.49. The van der Waals surface area contributed by atoms with E-state index in [1.54, 1.807) is 43.3 Å². The fraction of sp³-hybridized carbons (Fsp3) is 0.250. The van der Waals surface area contributed by atoms with Crippen LogP contribution in [0.2, 0.25) is 0 Å². The average Bonchev–Trinajstić information content (AvgIpc) is 3.53. The summed E-state index contributed by atoms with van der Waals surface area (Å²) in [6.45, 7) is 8.40. The molecule has 1 aliphatic heterocycles. The first-order valence-corrected chi connectivity index (χ1v) is 11.8. The Morgan fingerprint density at radius 1 is 1.11 bits per heavy atom. The zero-order valence-corrected chi connectivity index (χ0v) is 20.5. The lowest BCUT2D eigenvalue weighted by molar-refractivity contribution is -0.132. The van der Waals surface area contributed by atoms with Gasteiger partial charge in [0.2, 0.25) is 5.95 Å². The molecule has 8 nitrogen and oxygen atoms in total. The number of aliphatic hydroxyl groups is 1. The van der Waals surface area contributed by atoms with Gasteiger partial charge in [0.25, 0.3) is 5.78 Å². The van der Waals surface area contributed by atoms with Gasteiger partial charge in [0.1, 0.15) is 29.1 Å². The number of hydrogen-bond donors (Lipinski definition) is 2. The SMILES string of the molecule is Cc1ccc2nc(N3C(=O)C(=O)/C(=C(/O)c4ccc(OCC(C)C)cc4)C3c3ccc(C)o3)[nH]c2c1. The van der Waals surface area contributed by atoms with E-state index < -0.39 is 17.7 Å². The molecule has 1 atom stereocenters. The summed E-state index contributed by atoms with van der Waals surface area (Å²) >= 11 is 0. The number of nitrogens with one attached hydrogen (secondary N) is 1. The van der Waals surface area contributed by atoms with Gasteiger partial charge in [-0.1, -0.05) is 19.9 Å². The number of benzene rings is 2. The van der Waals surface area contributed by atoms with Crippen molar-refractivity contribution in [3.63, 3.8) is 0 Å². The molecule has 3 heterocycles. The molecule has 1 fully saturated rings. The number of aryl methyl sites for hydroxylation is 2. The van der Waals surface area contributed by atoms with Crippen molar-refractivity contribution in [2.45, 2.75) is 33.7 Å². The van der Waals surface area contributed by atoms with Gasteiger partial charge in [0, 0.05) is 5.56 Å². The highest BCUT2D eigenvalue weighted by atomic mass is 16.5. The minimum absolute atomic E-state index is 0.0677. The molecule has 2 N–H and O–H groups in total. The monoisotopic (exact) mass is 485 g/mol. The van der Waals surface area contributed by atoms with Crippen LogP contribution in [0.1, 0.15) is 42.5 Å². The van der Waals surface area contributed by atoms with E-state index in [2.05, 4.69) is 23.8 Å². The number of carbonyl (C=O) groups is 2. The second-order valence-electron chi connectivity index (χ2n) is 9.43. The molecule has 2 aromatic carbocycles. The topological polar surface area (TPSA) is 109 Å². The van der Waals surface area contributed by atoms with Crippen molar-refractivity contribution in [3.05, 3.63) is 82.8 Å². The number of fused-ring (bicyclic) bond motifs is 1. The predicted molar refractivity (Wildman–Crippen MR) is 136 cm³/mol. The number of aromatic amines is 1. The number of anilines is 1. The van der Waals surface area contributed by atoms with E-state index in [-0.39, 0.29) is 17.3 Å². The van der Waals surface area contributed by atoms with Crippen molar-refractivity contribution in [3.8, 4) is 5.75 Å². The number of furan rings is 1. The van der Waals surface area contributed by atoms with Gasteiger partial charge in [0.05, 0.1) is 23.2 Å². The number of hydrogen-bond acceptors (Lipinski definition) is 6. The maximum atomic E-state index is 13.3. The first-order valence-electron chi connectivity index (χ1n) is 11.8. The third kappa shape index (κ3) is 4.15. The molecule has 0 saturated carbocycles. The van der Waals surface area contributed by atoms with E-state index in [1.807, 2.05) is 25.1 Å². The van der Waals surface area contributed by atoms with Crippen LogP contribution >= 0.6 is 0 Å². The van der Waals surface area contributed by atoms with E-state index >= 15 is 0 Å². The van der Waals surface area contributed by atoms with Crippen molar-refractivity contribution in [1.82, 2.24) is 9.97 Å². The lowest BCUT2D eigenvalue weighted by Gasteiger charge is -2.20. The van der Waals surface area contributed by atoms with Crippen molar-refractivity contribution in [2.24, 2.45) is 5.92 Å². The minimum atomic E-state index is -0.989. The second-order valence-corrected chi connectivity index (χ2v) is 9.43. The van der Waals surface area contributed by atoms with Gasteiger partial charge >= 0.3 is 5.91 Å². The first kappa shape index (κ1) is 23.4. The third-order valence-corrected chi connectivity index (χ3v) is 6.04. The number of aromatic nitrogens is 2. The zero-order valence-electron chi connectivity index (χ0n) is 20.5. The Kier molecular flexibility index (Phi) is 5.88. The predicted octanol–water partition coefficient (Wildman–Crippen LogP) is 5.43. The number of carbonyl (C=O) groups excluding carboxylic acids is 2. The third-order valence-electron chi connectivity index (χ3n) is 6.04. The van der Waals surface area contributed by atoms with E-state index in [9.17, 15) is 14.7 Å². The van der Waals surface area contributed by atoms with Crippen LogP contribution < -0.4 is 9.64 Å². The van der Waals surface area contributed by atoms with Gasteiger partial charge in [0.15, 0.2) is 0 Å². The van der Waals surface area contributed by atoms with E-state index in [4.69, 9.17) is 9.15 Å². The first-order chi connectivity index (χ1) is 17.2. The van der Waals surface area contributed by atoms with Gasteiger partial charge in [-0.3, -0.25) is 14.5 Å². The molecular formula is C28H27N3O5.